The molecule has 2 fully saturated rings. The minimum absolute atomic E-state index is 0.763. The first-order chi connectivity index (χ1) is 7.28. The average Bonchev–Trinajstić information content (AvgIpc) is 2.95. The van der Waals surface area contributed by atoms with Gasteiger partial charge in [-0.25, -0.2) is 0 Å². The van der Waals surface area contributed by atoms with Crippen molar-refractivity contribution in [2.24, 2.45) is 11.3 Å². The van der Waals surface area contributed by atoms with Crippen molar-refractivity contribution in [3.8, 4) is 0 Å². The van der Waals surface area contributed by atoms with E-state index < -0.39 is 0 Å². The van der Waals surface area contributed by atoms with Gasteiger partial charge in [-0.15, -0.1) is 0 Å². The highest BCUT2D eigenvalue weighted by atomic mass is 14.9. The van der Waals surface area contributed by atoms with Crippen LogP contribution in [0.2, 0.25) is 0 Å². The average molecular weight is 209 g/mol. The Morgan fingerprint density at radius 1 is 1.07 bits per heavy atom. The molecule has 2 saturated carbocycles. The highest BCUT2D eigenvalue weighted by Gasteiger charge is 2.42. The minimum atomic E-state index is 0.763. The van der Waals surface area contributed by atoms with Crippen LogP contribution in [0.5, 0.6) is 0 Å². The van der Waals surface area contributed by atoms with Crippen LogP contribution in [0.3, 0.4) is 0 Å². The van der Waals surface area contributed by atoms with Crippen molar-refractivity contribution in [1.82, 2.24) is 5.32 Å². The Labute approximate surface area is 95.0 Å². The standard InChI is InChI=1S/C14H27N/c1-3-7-14(8-4-2)9-12(10-14)11-15-13-5-6-13/h12-13,15H,3-11H2,1-2H3. The number of nitrogens with one attached hydrogen (secondary N) is 1. The topological polar surface area (TPSA) is 12.0 Å². The van der Waals surface area contributed by atoms with Crippen molar-refractivity contribution < 1.29 is 0 Å². The Morgan fingerprint density at radius 3 is 2.13 bits per heavy atom. The third-order valence-corrected chi connectivity index (χ3v) is 4.28. The molecule has 0 aromatic carbocycles. The summed E-state index contributed by atoms with van der Waals surface area (Å²) in [7, 11) is 0. The van der Waals surface area contributed by atoms with Gasteiger partial charge in [-0.2, -0.15) is 0 Å². The van der Waals surface area contributed by atoms with Crippen LogP contribution in [0, 0.1) is 11.3 Å². The zero-order valence-corrected chi connectivity index (χ0v) is 10.5. The van der Waals surface area contributed by atoms with Gasteiger partial charge in [0.15, 0.2) is 0 Å². The summed E-state index contributed by atoms with van der Waals surface area (Å²) in [5.74, 6) is 1.00. The van der Waals surface area contributed by atoms with Crippen molar-refractivity contribution in [1.29, 1.82) is 0 Å². The fourth-order valence-corrected chi connectivity index (χ4v) is 3.52. The van der Waals surface area contributed by atoms with Crippen molar-refractivity contribution in [3.63, 3.8) is 0 Å². The van der Waals surface area contributed by atoms with Crippen LogP contribution in [0.25, 0.3) is 0 Å². The van der Waals surface area contributed by atoms with Crippen LogP contribution in [0.1, 0.15) is 65.2 Å². The summed E-state index contributed by atoms with van der Waals surface area (Å²) in [5, 5.41) is 3.68. The molecule has 0 bridgehead atoms. The molecule has 2 aliphatic carbocycles. The molecule has 0 spiro atoms. The van der Waals surface area contributed by atoms with Crippen LogP contribution in [-0.2, 0) is 0 Å². The Kier molecular flexibility index (Phi) is 3.71. The van der Waals surface area contributed by atoms with E-state index in [0.717, 1.165) is 17.4 Å². The molecule has 0 aliphatic heterocycles. The van der Waals surface area contributed by atoms with Crippen LogP contribution in [0.15, 0.2) is 0 Å². The third-order valence-electron chi connectivity index (χ3n) is 4.28. The van der Waals surface area contributed by atoms with Gasteiger partial charge in [-0.05, 0) is 56.4 Å². The maximum Gasteiger partial charge on any atom is 0.00683 e. The Morgan fingerprint density at radius 2 is 1.67 bits per heavy atom. The maximum atomic E-state index is 3.68. The number of rotatable bonds is 7. The highest BCUT2D eigenvalue weighted by molar-refractivity contribution is 4.95. The lowest BCUT2D eigenvalue weighted by Crippen LogP contribution is -2.42. The summed E-state index contributed by atoms with van der Waals surface area (Å²) in [5.41, 5.74) is 0.763. The van der Waals surface area contributed by atoms with E-state index >= 15 is 0 Å². The van der Waals surface area contributed by atoms with Crippen molar-refractivity contribution in [2.45, 2.75) is 71.3 Å². The molecular formula is C14H27N. The first-order valence-electron chi connectivity index (χ1n) is 7.01. The number of hydrogen-bond donors (Lipinski definition) is 1. The van der Waals surface area contributed by atoms with Gasteiger partial charge < -0.3 is 5.32 Å². The molecule has 0 aromatic rings. The normalized spacial score (nSPS) is 25.2. The molecular weight excluding hydrogens is 182 g/mol. The Hall–Kier alpha value is -0.0400. The molecule has 2 rings (SSSR count). The predicted octanol–water partition coefficient (Wildman–Crippen LogP) is 3.74. The first-order valence-corrected chi connectivity index (χ1v) is 7.01. The molecule has 0 radical (unpaired) electrons. The molecule has 1 nitrogen and oxygen atoms in total. The zero-order valence-electron chi connectivity index (χ0n) is 10.5. The second kappa shape index (κ2) is 4.86. The quantitative estimate of drug-likeness (QED) is 0.673. The monoisotopic (exact) mass is 209 g/mol. The summed E-state index contributed by atoms with van der Waals surface area (Å²) in [6.07, 6.45) is 11.6. The van der Waals surface area contributed by atoms with Gasteiger partial charge in [0.2, 0.25) is 0 Å². The summed E-state index contributed by atoms with van der Waals surface area (Å²) < 4.78 is 0. The van der Waals surface area contributed by atoms with E-state index in [-0.39, 0.29) is 0 Å². The minimum Gasteiger partial charge on any atom is -0.314 e. The summed E-state index contributed by atoms with van der Waals surface area (Å²) >= 11 is 0. The van der Waals surface area contributed by atoms with E-state index in [1.54, 1.807) is 0 Å². The lowest BCUT2D eigenvalue weighted by Gasteiger charge is -2.48. The van der Waals surface area contributed by atoms with Crippen molar-refractivity contribution >= 4 is 0 Å². The smallest absolute Gasteiger partial charge is 0.00683 e. The Balaban J connectivity index is 1.66. The van der Waals surface area contributed by atoms with E-state index in [1.165, 1.54) is 57.9 Å². The molecule has 0 atom stereocenters. The molecule has 2 aliphatic rings. The van der Waals surface area contributed by atoms with E-state index in [1.807, 2.05) is 0 Å². The van der Waals surface area contributed by atoms with Gasteiger partial charge in [0, 0.05) is 6.04 Å². The summed E-state index contributed by atoms with van der Waals surface area (Å²) in [6, 6.07) is 0.900. The van der Waals surface area contributed by atoms with E-state index in [4.69, 9.17) is 0 Å². The summed E-state index contributed by atoms with van der Waals surface area (Å²) in [6.45, 7) is 5.99. The molecule has 88 valence electrons. The first kappa shape index (κ1) is 11.4. The molecule has 1 N–H and O–H groups in total. The maximum absolute atomic E-state index is 3.68. The molecule has 0 heterocycles. The van der Waals surface area contributed by atoms with Crippen LogP contribution in [-0.4, -0.2) is 12.6 Å². The molecule has 15 heavy (non-hydrogen) atoms. The highest BCUT2D eigenvalue weighted by Crippen LogP contribution is 2.52. The van der Waals surface area contributed by atoms with Crippen molar-refractivity contribution in [2.75, 3.05) is 6.54 Å². The second-order valence-electron chi connectivity index (χ2n) is 5.96. The largest absolute Gasteiger partial charge is 0.314 e. The molecule has 0 saturated heterocycles. The molecule has 1 heteroatoms. The van der Waals surface area contributed by atoms with Crippen LogP contribution >= 0.6 is 0 Å². The SMILES string of the molecule is CCCC1(CCC)CC(CNC2CC2)C1. The fraction of sp³-hybridized carbons (Fsp3) is 1.00. The van der Waals surface area contributed by atoms with Gasteiger partial charge in [0.1, 0.15) is 0 Å². The van der Waals surface area contributed by atoms with Crippen molar-refractivity contribution in [3.05, 3.63) is 0 Å². The van der Waals surface area contributed by atoms with E-state index in [2.05, 4.69) is 19.2 Å². The van der Waals surface area contributed by atoms with Gasteiger partial charge >= 0.3 is 0 Å². The van der Waals surface area contributed by atoms with E-state index in [9.17, 15) is 0 Å². The van der Waals surface area contributed by atoms with Gasteiger partial charge in [0.05, 0.1) is 0 Å². The van der Waals surface area contributed by atoms with E-state index in [0.29, 0.717) is 0 Å². The van der Waals surface area contributed by atoms with Crippen LogP contribution < -0.4 is 5.32 Å². The summed E-state index contributed by atoms with van der Waals surface area (Å²) in [4.78, 5) is 0. The zero-order chi connectivity index (χ0) is 10.7. The van der Waals surface area contributed by atoms with Crippen LogP contribution in [0.4, 0.5) is 0 Å². The third kappa shape index (κ3) is 2.96. The molecule has 0 amide bonds. The van der Waals surface area contributed by atoms with Gasteiger partial charge in [-0.3, -0.25) is 0 Å². The Bertz CT molecular complexity index is 182. The lowest BCUT2D eigenvalue weighted by molar-refractivity contribution is 0.0337. The fourth-order valence-electron chi connectivity index (χ4n) is 3.52. The second-order valence-corrected chi connectivity index (χ2v) is 5.96. The molecule has 0 unspecified atom stereocenters. The molecule has 0 aromatic heterocycles. The number of hydrogen-bond acceptors (Lipinski definition) is 1. The lowest BCUT2D eigenvalue weighted by atomic mass is 9.58. The van der Waals surface area contributed by atoms with Gasteiger partial charge in [0.25, 0.3) is 0 Å². The predicted molar refractivity (Wildman–Crippen MR) is 66.0 cm³/mol. The van der Waals surface area contributed by atoms with Gasteiger partial charge in [-0.1, -0.05) is 26.7 Å².